The molecule has 0 spiro atoms. The Hall–Kier alpha value is -6.84. The minimum atomic E-state index is -0.0570. The summed E-state index contributed by atoms with van der Waals surface area (Å²) < 4.78 is 0. The second-order valence-corrected chi connectivity index (χ2v) is 12.3. The van der Waals surface area contributed by atoms with E-state index in [0.29, 0.717) is 11.4 Å². The zero-order chi connectivity index (χ0) is 33.8. The summed E-state index contributed by atoms with van der Waals surface area (Å²) in [4.78, 5) is 24.6. The van der Waals surface area contributed by atoms with E-state index in [1.165, 1.54) is 0 Å². The van der Waals surface area contributed by atoms with Crippen LogP contribution < -0.4 is 14.7 Å². The fourth-order valence-corrected chi connectivity index (χ4v) is 6.51. The Balaban J connectivity index is 1.21. The van der Waals surface area contributed by atoms with Crippen LogP contribution in [0.1, 0.15) is 11.4 Å². The second-order valence-electron chi connectivity index (χ2n) is 12.3. The lowest BCUT2D eigenvalue weighted by atomic mass is 9.94. The summed E-state index contributed by atoms with van der Waals surface area (Å²) in [7, 11) is 8.18. The van der Waals surface area contributed by atoms with Gasteiger partial charge in [-0.15, -0.1) is 0 Å². The Morgan fingerprint density at radius 3 is 1.37 bits per heavy atom. The van der Waals surface area contributed by atoms with Crippen LogP contribution in [-0.2, 0) is 0 Å². The predicted molar refractivity (Wildman–Crippen MR) is 195 cm³/mol. The van der Waals surface area contributed by atoms with Gasteiger partial charge in [0, 0.05) is 73.1 Å². The number of rotatable bonds is 6. The van der Waals surface area contributed by atoms with Crippen molar-refractivity contribution in [1.82, 2.24) is 19.9 Å². The predicted octanol–water partition coefficient (Wildman–Crippen LogP) is 8.23. The molecule has 0 atom stereocenters. The lowest BCUT2D eigenvalue weighted by Crippen LogP contribution is -2.12. The van der Waals surface area contributed by atoms with Crippen LogP contribution in [0.2, 0.25) is 0 Å². The Bertz CT molecular complexity index is 2390. The molecule has 0 radical (unpaired) electrons. The van der Waals surface area contributed by atoms with Crippen molar-refractivity contribution in [2.24, 2.45) is 0 Å². The molecule has 0 saturated heterocycles. The van der Waals surface area contributed by atoms with E-state index in [0.717, 1.165) is 61.5 Å². The average Bonchev–Trinajstić information content (AvgIpc) is 3.44. The van der Waals surface area contributed by atoms with Gasteiger partial charge in [-0.1, -0.05) is 42.5 Å². The van der Waals surface area contributed by atoms with Crippen LogP contribution >= 0.6 is 0 Å². The summed E-state index contributed by atoms with van der Waals surface area (Å²) in [5, 5.41) is 21.1. The van der Waals surface area contributed by atoms with Crippen molar-refractivity contribution in [1.29, 1.82) is 10.5 Å². The van der Waals surface area contributed by atoms with Crippen LogP contribution in [0.4, 0.5) is 28.4 Å². The van der Waals surface area contributed by atoms with E-state index in [1.807, 2.05) is 52.5 Å². The average molecular weight is 636 g/mol. The van der Waals surface area contributed by atoms with Gasteiger partial charge in [-0.25, -0.2) is 19.9 Å². The van der Waals surface area contributed by atoms with Gasteiger partial charge >= 0.3 is 0 Å². The Morgan fingerprint density at radius 2 is 0.898 bits per heavy atom. The normalized spacial score (nSPS) is 11.2. The van der Waals surface area contributed by atoms with Crippen LogP contribution in [0.25, 0.3) is 55.7 Å². The zero-order valence-corrected chi connectivity index (χ0v) is 27.3. The van der Waals surface area contributed by atoms with Gasteiger partial charge in [0.15, 0.2) is 22.7 Å². The third-order valence-electron chi connectivity index (χ3n) is 8.97. The molecule has 0 unspecified atom stereocenters. The molecule has 2 aromatic heterocycles. The number of anilines is 5. The Kier molecular flexibility index (Phi) is 6.90. The topological polar surface area (TPSA) is 109 Å². The van der Waals surface area contributed by atoms with Gasteiger partial charge in [-0.05, 0) is 77.2 Å². The third kappa shape index (κ3) is 4.84. The van der Waals surface area contributed by atoms with Crippen LogP contribution in [0, 0.1) is 22.7 Å². The molecule has 49 heavy (non-hydrogen) atoms. The van der Waals surface area contributed by atoms with Crippen molar-refractivity contribution in [2.45, 2.75) is 0 Å². The van der Waals surface area contributed by atoms with Gasteiger partial charge in [-0.3, -0.25) is 0 Å². The number of aromatic nitrogens is 4. The zero-order valence-electron chi connectivity index (χ0n) is 27.3. The van der Waals surface area contributed by atoms with Gasteiger partial charge in [0.2, 0.25) is 0 Å². The highest BCUT2D eigenvalue weighted by Gasteiger charge is 2.27. The summed E-state index contributed by atoms with van der Waals surface area (Å²) in [5.74, 6) is 0. The summed E-state index contributed by atoms with van der Waals surface area (Å²) in [5.41, 5.74) is 11.3. The Morgan fingerprint density at radius 1 is 0.469 bits per heavy atom. The number of benzene rings is 5. The van der Waals surface area contributed by atoms with Crippen LogP contribution in [-0.4, -0.2) is 48.1 Å². The largest absolute Gasteiger partial charge is 0.378 e. The van der Waals surface area contributed by atoms with Crippen molar-refractivity contribution in [3.8, 4) is 45.8 Å². The van der Waals surface area contributed by atoms with Gasteiger partial charge in [0.05, 0.1) is 11.4 Å². The van der Waals surface area contributed by atoms with Crippen molar-refractivity contribution in [3.63, 3.8) is 0 Å². The minimum Gasteiger partial charge on any atom is -0.378 e. The number of nitrogens with zero attached hydrogens (tertiary/aromatic N) is 9. The molecule has 0 aliphatic heterocycles. The maximum Gasteiger partial charge on any atom is 0.199 e. The van der Waals surface area contributed by atoms with E-state index in [2.05, 4.69) is 116 Å². The first-order valence-electron chi connectivity index (χ1n) is 15.8. The monoisotopic (exact) mass is 635 g/mol. The lowest BCUT2D eigenvalue weighted by molar-refractivity contribution is 1.12. The molecule has 1 aliphatic carbocycles. The van der Waals surface area contributed by atoms with Gasteiger partial charge < -0.3 is 14.7 Å². The van der Waals surface area contributed by atoms with Gasteiger partial charge in [0.25, 0.3) is 0 Å². The molecule has 9 heteroatoms. The molecule has 8 rings (SSSR count). The highest BCUT2D eigenvalue weighted by Crippen LogP contribution is 2.48. The second kappa shape index (κ2) is 11.4. The summed E-state index contributed by atoms with van der Waals surface area (Å²) in [6.07, 6.45) is 0. The molecule has 0 fully saturated rings. The summed E-state index contributed by atoms with van der Waals surface area (Å²) in [6, 6.07) is 40.1. The van der Waals surface area contributed by atoms with E-state index >= 15 is 0 Å². The van der Waals surface area contributed by atoms with Crippen molar-refractivity contribution >= 4 is 50.5 Å². The standard InChI is InChI=1S/C40H29N9/c1-47(2)25-12-16-28(17-13-25)49(29-18-14-26(15-19-29)48(3)4)27-10-8-24(9-11-27)30-20-21-33-36-31(30)6-5-7-32(36)37-38(33)46-40-39(45-37)43-34(22-41)35(23-42)44-40/h5-21H,1-4H3. The SMILES string of the molecule is CN(C)c1ccc(N(c2ccc(-c3ccc4c5c(cccc35)-c3nc5nc(C#N)c(C#N)nc5nc3-4)cc2)c2ccc(N(C)C)cc2)cc1. The first kappa shape index (κ1) is 29.6. The van der Waals surface area contributed by atoms with Crippen molar-refractivity contribution in [2.75, 3.05) is 42.9 Å². The molecule has 0 bridgehead atoms. The first-order valence-corrected chi connectivity index (χ1v) is 15.8. The maximum absolute atomic E-state index is 9.47. The van der Waals surface area contributed by atoms with E-state index in [-0.39, 0.29) is 22.7 Å². The molecule has 9 nitrogen and oxygen atoms in total. The van der Waals surface area contributed by atoms with Crippen LogP contribution in [0.3, 0.4) is 0 Å². The molecule has 0 saturated carbocycles. The van der Waals surface area contributed by atoms with E-state index in [1.54, 1.807) is 0 Å². The maximum atomic E-state index is 9.47. The van der Waals surface area contributed by atoms with Crippen LogP contribution in [0.15, 0.2) is 103 Å². The van der Waals surface area contributed by atoms with Crippen molar-refractivity contribution in [3.05, 3.63) is 115 Å². The van der Waals surface area contributed by atoms with Gasteiger partial charge in [-0.2, -0.15) is 10.5 Å². The molecule has 0 N–H and O–H groups in total. The van der Waals surface area contributed by atoms with E-state index in [4.69, 9.17) is 9.97 Å². The lowest BCUT2D eigenvalue weighted by Gasteiger charge is -2.27. The van der Waals surface area contributed by atoms with E-state index in [9.17, 15) is 10.5 Å². The summed E-state index contributed by atoms with van der Waals surface area (Å²) >= 11 is 0. The van der Waals surface area contributed by atoms with E-state index < -0.39 is 0 Å². The fourth-order valence-electron chi connectivity index (χ4n) is 6.51. The van der Waals surface area contributed by atoms with Crippen molar-refractivity contribution < 1.29 is 0 Å². The Labute approximate surface area is 283 Å². The highest BCUT2D eigenvalue weighted by atomic mass is 15.1. The molecule has 7 aromatic rings. The number of fused-ring (bicyclic) bond motifs is 4. The summed E-state index contributed by atoms with van der Waals surface area (Å²) in [6.45, 7) is 0. The number of nitriles is 2. The quantitative estimate of drug-likeness (QED) is 0.178. The molecule has 0 amide bonds. The van der Waals surface area contributed by atoms with Gasteiger partial charge in [0.1, 0.15) is 12.1 Å². The molecular formula is C40H29N9. The number of hydrogen-bond acceptors (Lipinski definition) is 9. The smallest absolute Gasteiger partial charge is 0.199 e. The third-order valence-corrected chi connectivity index (χ3v) is 8.97. The molecule has 234 valence electrons. The van der Waals surface area contributed by atoms with Crippen LogP contribution in [0.5, 0.6) is 0 Å². The molecule has 5 aromatic carbocycles. The molecule has 1 aliphatic rings. The minimum absolute atomic E-state index is 0.0570. The number of hydrogen-bond donors (Lipinski definition) is 0. The fraction of sp³-hybridized carbons (Fsp3) is 0.100. The first-order chi connectivity index (χ1) is 23.8. The molecule has 2 heterocycles. The molecular weight excluding hydrogens is 607 g/mol. The highest BCUT2D eigenvalue weighted by molar-refractivity contribution is 6.17.